The summed E-state index contributed by atoms with van der Waals surface area (Å²) in [6.07, 6.45) is 0.802. The number of pyridine rings is 1. The number of esters is 1. The second-order valence-electron chi connectivity index (χ2n) is 7.59. The zero-order valence-corrected chi connectivity index (χ0v) is 17.6. The number of anilines is 1. The maximum absolute atomic E-state index is 15.6. The molecule has 0 spiro atoms. The molecule has 0 aliphatic carbocycles. The molecule has 3 heterocycles. The third-order valence-electron chi connectivity index (χ3n) is 5.65. The lowest BCUT2D eigenvalue weighted by molar-refractivity contribution is 0.0518. The number of fused-ring (bicyclic) bond motifs is 3. The highest BCUT2D eigenvalue weighted by Crippen LogP contribution is 2.47. The number of nitrogens with zero attached hydrogens (tertiary/aromatic N) is 3. The summed E-state index contributed by atoms with van der Waals surface area (Å²) in [5, 5.41) is 0.0609. The number of carbonyl (C=O) groups excluding carboxylic acids is 1. The number of likely N-dealkylation sites (N-methyl/N-ethyl adjacent to an activating group) is 1. The summed E-state index contributed by atoms with van der Waals surface area (Å²) in [6.45, 7) is 4.64. The van der Waals surface area contributed by atoms with Crippen LogP contribution in [0.1, 0.15) is 36.0 Å². The van der Waals surface area contributed by atoms with Crippen molar-refractivity contribution in [3.05, 3.63) is 33.5 Å². The molecule has 0 amide bonds. The smallest absolute Gasteiger partial charge is 0.344 e. The Balaban J connectivity index is 1.93. The summed E-state index contributed by atoms with van der Waals surface area (Å²) in [6, 6.07) is 1.26. The van der Waals surface area contributed by atoms with E-state index < -0.39 is 23.0 Å². The van der Waals surface area contributed by atoms with Crippen LogP contribution in [-0.4, -0.2) is 55.3 Å². The maximum Gasteiger partial charge on any atom is 0.344 e. The van der Waals surface area contributed by atoms with Crippen LogP contribution < -0.4 is 10.3 Å². The molecule has 2 atom stereocenters. The first kappa shape index (κ1) is 20.2. The first-order chi connectivity index (χ1) is 13.8. The number of hydrogen-bond donors (Lipinski definition) is 0. The van der Waals surface area contributed by atoms with Crippen molar-refractivity contribution in [1.82, 2.24) is 9.47 Å². The molecule has 0 N–H and O–H groups in total. The van der Waals surface area contributed by atoms with E-state index in [4.69, 9.17) is 4.74 Å². The fourth-order valence-electron chi connectivity index (χ4n) is 4.13. The van der Waals surface area contributed by atoms with E-state index in [0.717, 1.165) is 12.5 Å². The summed E-state index contributed by atoms with van der Waals surface area (Å²) in [7, 11) is 3.89. The van der Waals surface area contributed by atoms with Crippen molar-refractivity contribution in [3.63, 3.8) is 0 Å². The fraction of sp³-hybridized carbons (Fsp3) is 0.500. The molecule has 2 aliphatic rings. The Hall–Kier alpha value is -2.13. The third-order valence-corrected chi connectivity index (χ3v) is 6.82. The molecule has 6 nitrogen and oxygen atoms in total. The number of rotatable bonds is 4. The first-order valence-corrected chi connectivity index (χ1v) is 10.5. The quantitative estimate of drug-likeness (QED) is 0.704. The predicted molar refractivity (Wildman–Crippen MR) is 109 cm³/mol. The number of thioether (sulfide) groups is 1. The van der Waals surface area contributed by atoms with Crippen LogP contribution in [0.25, 0.3) is 10.9 Å². The van der Waals surface area contributed by atoms with Crippen molar-refractivity contribution < 1.29 is 18.3 Å². The van der Waals surface area contributed by atoms with E-state index in [9.17, 15) is 9.59 Å². The van der Waals surface area contributed by atoms with Crippen molar-refractivity contribution >= 4 is 34.3 Å². The number of carbonyl (C=O) groups is 1. The number of ether oxygens (including phenoxy) is 1. The SMILES string of the molecule is CCOC(=O)c1c2n(c3c(F)c(N4CC[C@H](N(C)C)C4)c(F)cc3c1=O)C(C)S2. The standard InChI is InChI=1S/C20H23F2N3O3S/c1-5-28-20(27)14-18(26)12-8-13(21)17(24-7-6-11(9-24)23(3)4)15(22)16(12)25-10(2)29-19(14)25/h8,10-11H,5-7,9H2,1-4H3/t10?,11-/m0/s1. The Kier molecular flexibility index (Phi) is 5.06. The number of hydrogen-bond acceptors (Lipinski definition) is 6. The average Bonchev–Trinajstić information content (AvgIpc) is 3.12. The Labute approximate surface area is 171 Å². The largest absolute Gasteiger partial charge is 0.462 e. The van der Waals surface area contributed by atoms with Gasteiger partial charge in [-0.1, -0.05) is 11.8 Å². The minimum absolute atomic E-state index is 0.0500. The van der Waals surface area contributed by atoms with E-state index in [2.05, 4.69) is 0 Å². The Morgan fingerprint density at radius 1 is 1.38 bits per heavy atom. The maximum atomic E-state index is 15.6. The normalized spacial score (nSPS) is 20.9. The summed E-state index contributed by atoms with van der Waals surface area (Å²) in [5.74, 6) is -2.30. The molecule has 2 aromatic rings. The van der Waals surface area contributed by atoms with E-state index >= 15 is 8.78 Å². The van der Waals surface area contributed by atoms with Crippen molar-refractivity contribution in [2.24, 2.45) is 0 Å². The molecule has 4 rings (SSSR count). The minimum Gasteiger partial charge on any atom is -0.462 e. The molecule has 1 aromatic carbocycles. The molecule has 156 valence electrons. The zero-order chi connectivity index (χ0) is 21.0. The monoisotopic (exact) mass is 423 g/mol. The molecule has 1 saturated heterocycles. The van der Waals surface area contributed by atoms with Gasteiger partial charge in [0.1, 0.15) is 17.1 Å². The van der Waals surface area contributed by atoms with E-state index in [1.54, 1.807) is 16.4 Å². The van der Waals surface area contributed by atoms with Gasteiger partial charge in [-0.2, -0.15) is 0 Å². The predicted octanol–water partition coefficient (Wildman–Crippen LogP) is 3.22. The van der Waals surface area contributed by atoms with Crippen LogP contribution in [0, 0.1) is 11.6 Å². The molecular weight excluding hydrogens is 400 g/mol. The average molecular weight is 423 g/mol. The topological polar surface area (TPSA) is 54.8 Å². The summed E-state index contributed by atoms with van der Waals surface area (Å²) < 4.78 is 37.2. The van der Waals surface area contributed by atoms with Crippen LogP contribution in [0.2, 0.25) is 0 Å². The Morgan fingerprint density at radius 2 is 2.10 bits per heavy atom. The van der Waals surface area contributed by atoms with Gasteiger partial charge in [-0.25, -0.2) is 13.6 Å². The Morgan fingerprint density at radius 3 is 2.69 bits per heavy atom. The van der Waals surface area contributed by atoms with Gasteiger partial charge in [0.2, 0.25) is 5.43 Å². The van der Waals surface area contributed by atoms with Crippen LogP contribution in [0.5, 0.6) is 0 Å². The molecule has 1 fully saturated rings. The second-order valence-corrected chi connectivity index (χ2v) is 8.89. The highest BCUT2D eigenvalue weighted by molar-refractivity contribution is 8.00. The van der Waals surface area contributed by atoms with Crippen molar-refractivity contribution in [2.75, 3.05) is 38.7 Å². The molecule has 9 heteroatoms. The molecule has 0 saturated carbocycles. The Bertz CT molecular complexity index is 1070. The van der Waals surface area contributed by atoms with Gasteiger partial charge in [0.25, 0.3) is 0 Å². The van der Waals surface area contributed by atoms with Crippen LogP contribution in [0.3, 0.4) is 0 Å². The fourth-order valence-corrected chi connectivity index (χ4v) is 5.26. The highest BCUT2D eigenvalue weighted by Gasteiger charge is 2.37. The van der Waals surface area contributed by atoms with Gasteiger partial charge in [0.05, 0.1) is 27.9 Å². The van der Waals surface area contributed by atoms with Gasteiger partial charge in [-0.05, 0) is 40.4 Å². The molecule has 0 radical (unpaired) electrons. The van der Waals surface area contributed by atoms with Gasteiger partial charge >= 0.3 is 5.97 Å². The number of benzene rings is 1. The third kappa shape index (κ3) is 3.02. The van der Waals surface area contributed by atoms with E-state index in [1.165, 1.54) is 11.8 Å². The minimum atomic E-state index is -0.790. The first-order valence-electron chi connectivity index (χ1n) is 9.61. The molecule has 29 heavy (non-hydrogen) atoms. The van der Waals surface area contributed by atoms with Crippen LogP contribution in [0.4, 0.5) is 14.5 Å². The van der Waals surface area contributed by atoms with Gasteiger partial charge in [-0.15, -0.1) is 0 Å². The van der Waals surface area contributed by atoms with Crippen LogP contribution >= 0.6 is 11.8 Å². The lowest BCUT2D eigenvalue weighted by Crippen LogP contribution is -2.33. The van der Waals surface area contributed by atoms with Crippen LogP contribution in [0.15, 0.2) is 15.9 Å². The van der Waals surface area contributed by atoms with Crippen molar-refractivity contribution in [1.29, 1.82) is 0 Å². The lowest BCUT2D eigenvalue weighted by Gasteiger charge is -2.33. The number of aromatic nitrogens is 1. The molecule has 2 aliphatic heterocycles. The summed E-state index contributed by atoms with van der Waals surface area (Å²) in [4.78, 5) is 29.0. The van der Waals surface area contributed by atoms with Gasteiger partial charge in [-0.3, -0.25) is 4.79 Å². The highest BCUT2D eigenvalue weighted by atomic mass is 32.2. The molecule has 0 bridgehead atoms. The zero-order valence-electron chi connectivity index (χ0n) is 16.8. The second kappa shape index (κ2) is 7.28. The summed E-state index contributed by atoms with van der Waals surface area (Å²) >= 11 is 1.30. The summed E-state index contributed by atoms with van der Waals surface area (Å²) in [5.41, 5.74) is -0.901. The van der Waals surface area contributed by atoms with E-state index in [-0.39, 0.29) is 40.2 Å². The van der Waals surface area contributed by atoms with E-state index in [0.29, 0.717) is 18.1 Å². The van der Waals surface area contributed by atoms with E-state index in [1.807, 2.05) is 25.9 Å². The van der Waals surface area contributed by atoms with Crippen molar-refractivity contribution in [3.8, 4) is 0 Å². The van der Waals surface area contributed by atoms with Gasteiger partial charge < -0.3 is 19.1 Å². The molecule has 1 unspecified atom stereocenters. The lowest BCUT2D eigenvalue weighted by atomic mass is 10.1. The van der Waals surface area contributed by atoms with Gasteiger partial charge in [0, 0.05) is 19.1 Å². The molecular formula is C20H23F2N3O3S. The molecule has 1 aromatic heterocycles. The van der Waals surface area contributed by atoms with Gasteiger partial charge in [0.15, 0.2) is 5.82 Å². The van der Waals surface area contributed by atoms with Crippen LogP contribution in [-0.2, 0) is 4.74 Å². The van der Waals surface area contributed by atoms with Crippen molar-refractivity contribution in [2.45, 2.75) is 36.7 Å². The number of halogens is 2.